The number of hydrogen-bond donors (Lipinski definition) is 2. The Balaban J connectivity index is 0.00000363. The minimum Gasteiger partial charge on any atom is -0.368 e. The van der Waals surface area contributed by atoms with E-state index < -0.39 is 0 Å². The SMILES string of the molecule is CCNC(=NCc1c(C)nn(C)c1C)NCCC(=O)N1CCN(c2ccccc2)CC1.I. The zero-order chi connectivity index (χ0) is 22.2. The first kappa shape index (κ1) is 26.0. The summed E-state index contributed by atoms with van der Waals surface area (Å²) in [4.78, 5) is 21.6. The molecule has 176 valence electrons. The lowest BCUT2D eigenvalue weighted by molar-refractivity contribution is -0.131. The van der Waals surface area contributed by atoms with Crippen LogP contribution < -0.4 is 15.5 Å². The molecule has 1 aliphatic rings. The Bertz CT molecular complexity index is 889. The molecule has 2 aromatic rings. The number of guanidine groups is 1. The van der Waals surface area contributed by atoms with Crippen molar-refractivity contribution in [2.24, 2.45) is 12.0 Å². The number of piperazine rings is 1. The Labute approximate surface area is 208 Å². The van der Waals surface area contributed by atoms with Crippen LogP contribution in [0.25, 0.3) is 0 Å². The third kappa shape index (κ3) is 6.85. The number of amides is 1. The van der Waals surface area contributed by atoms with Gasteiger partial charge in [0.2, 0.25) is 5.91 Å². The van der Waals surface area contributed by atoms with Crippen molar-refractivity contribution in [1.29, 1.82) is 0 Å². The number of para-hydroxylation sites is 1. The molecule has 9 heteroatoms. The number of halogens is 1. The van der Waals surface area contributed by atoms with Crippen LogP contribution in [0.5, 0.6) is 0 Å². The maximum atomic E-state index is 12.6. The van der Waals surface area contributed by atoms with Gasteiger partial charge in [-0.25, -0.2) is 4.99 Å². The Morgan fingerprint density at radius 1 is 1.09 bits per heavy atom. The van der Waals surface area contributed by atoms with Gasteiger partial charge >= 0.3 is 0 Å². The Kier molecular flexibility index (Phi) is 10.3. The highest BCUT2D eigenvalue weighted by atomic mass is 127. The molecule has 3 rings (SSSR count). The lowest BCUT2D eigenvalue weighted by Gasteiger charge is -2.36. The second-order valence-corrected chi connectivity index (χ2v) is 7.85. The molecule has 0 atom stereocenters. The number of rotatable bonds is 7. The lowest BCUT2D eigenvalue weighted by atomic mass is 10.2. The summed E-state index contributed by atoms with van der Waals surface area (Å²) >= 11 is 0. The molecule has 0 spiro atoms. The number of hydrogen-bond acceptors (Lipinski definition) is 4. The second-order valence-electron chi connectivity index (χ2n) is 7.85. The van der Waals surface area contributed by atoms with Crippen molar-refractivity contribution in [2.75, 3.05) is 44.2 Å². The van der Waals surface area contributed by atoms with Gasteiger partial charge in [-0.1, -0.05) is 18.2 Å². The third-order valence-electron chi connectivity index (χ3n) is 5.78. The van der Waals surface area contributed by atoms with E-state index in [0.717, 1.165) is 55.6 Å². The molecule has 1 aromatic carbocycles. The first-order valence-corrected chi connectivity index (χ1v) is 11.1. The van der Waals surface area contributed by atoms with Crippen LogP contribution in [0, 0.1) is 13.8 Å². The molecule has 2 N–H and O–H groups in total. The number of carbonyl (C=O) groups excluding carboxylic acids is 1. The quantitative estimate of drug-likeness (QED) is 0.313. The Morgan fingerprint density at radius 3 is 2.38 bits per heavy atom. The van der Waals surface area contributed by atoms with Crippen molar-refractivity contribution in [2.45, 2.75) is 33.7 Å². The van der Waals surface area contributed by atoms with E-state index in [1.165, 1.54) is 5.69 Å². The Hall–Kier alpha value is -2.30. The molecule has 0 aliphatic carbocycles. The van der Waals surface area contributed by atoms with E-state index in [1.807, 2.05) is 36.5 Å². The molecule has 32 heavy (non-hydrogen) atoms. The molecular formula is C23H36IN7O. The van der Waals surface area contributed by atoms with Crippen molar-refractivity contribution in [3.8, 4) is 0 Å². The highest BCUT2D eigenvalue weighted by Gasteiger charge is 2.21. The number of aliphatic imine (C=N–C) groups is 1. The van der Waals surface area contributed by atoms with Gasteiger partial charge in [0.05, 0.1) is 12.2 Å². The first-order chi connectivity index (χ1) is 15.0. The smallest absolute Gasteiger partial charge is 0.224 e. The molecule has 1 amide bonds. The number of nitrogens with zero attached hydrogens (tertiary/aromatic N) is 5. The predicted molar refractivity (Wildman–Crippen MR) is 141 cm³/mol. The normalized spacial score (nSPS) is 14.2. The monoisotopic (exact) mass is 553 g/mol. The van der Waals surface area contributed by atoms with Crippen molar-refractivity contribution in [1.82, 2.24) is 25.3 Å². The van der Waals surface area contributed by atoms with E-state index in [-0.39, 0.29) is 29.9 Å². The zero-order valence-electron chi connectivity index (χ0n) is 19.6. The fourth-order valence-electron chi connectivity index (χ4n) is 3.84. The van der Waals surface area contributed by atoms with Crippen LogP contribution in [0.4, 0.5) is 5.69 Å². The van der Waals surface area contributed by atoms with Gasteiger partial charge in [-0.05, 0) is 32.9 Å². The molecule has 0 unspecified atom stereocenters. The second kappa shape index (κ2) is 12.7. The van der Waals surface area contributed by atoms with Crippen LogP contribution in [-0.2, 0) is 18.4 Å². The van der Waals surface area contributed by atoms with Gasteiger partial charge in [-0.2, -0.15) is 5.10 Å². The van der Waals surface area contributed by atoms with Crippen LogP contribution in [0.2, 0.25) is 0 Å². The lowest BCUT2D eigenvalue weighted by Crippen LogP contribution is -2.49. The topological polar surface area (TPSA) is 77.8 Å². The minimum absolute atomic E-state index is 0. The van der Waals surface area contributed by atoms with E-state index in [9.17, 15) is 4.79 Å². The number of anilines is 1. The molecule has 1 fully saturated rings. The molecule has 2 heterocycles. The van der Waals surface area contributed by atoms with Gasteiger partial charge in [-0.15, -0.1) is 24.0 Å². The molecule has 0 bridgehead atoms. The average molecular weight is 553 g/mol. The largest absolute Gasteiger partial charge is 0.368 e. The Morgan fingerprint density at radius 2 is 1.78 bits per heavy atom. The van der Waals surface area contributed by atoms with E-state index >= 15 is 0 Å². The number of benzene rings is 1. The summed E-state index contributed by atoms with van der Waals surface area (Å²) in [5.74, 6) is 0.918. The molecule has 1 aromatic heterocycles. The van der Waals surface area contributed by atoms with E-state index in [2.05, 4.69) is 56.8 Å². The summed E-state index contributed by atoms with van der Waals surface area (Å²) in [6, 6.07) is 10.4. The molecule has 0 radical (unpaired) electrons. The van der Waals surface area contributed by atoms with E-state index in [1.54, 1.807) is 0 Å². The van der Waals surface area contributed by atoms with Crippen LogP contribution in [0.15, 0.2) is 35.3 Å². The van der Waals surface area contributed by atoms with Gasteiger partial charge in [0, 0.05) is 69.7 Å². The van der Waals surface area contributed by atoms with Crippen molar-refractivity contribution >= 4 is 41.5 Å². The summed E-state index contributed by atoms with van der Waals surface area (Å²) < 4.78 is 1.89. The van der Waals surface area contributed by atoms with Gasteiger partial charge in [0.25, 0.3) is 0 Å². The van der Waals surface area contributed by atoms with E-state index in [4.69, 9.17) is 0 Å². The summed E-state index contributed by atoms with van der Waals surface area (Å²) in [5.41, 5.74) is 4.50. The van der Waals surface area contributed by atoms with Gasteiger partial charge < -0.3 is 20.4 Å². The number of nitrogens with one attached hydrogen (secondary N) is 2. The minimum atomic E-state index is 0. The first-order valence-electron chi connectivity index (χ1n) is 11.1. The highest BCUT2D eigenvalue weighted by molar-refractivity contribution is 14.0. The highest BCUT2D eigenvalue weighted by Crippen LogP contribution is 2.16. The van der Waals surface area contributed by atoms with Crippen molar-refractivity contribution in [3.05, 3.63) is 47.3 Å². The number of aromatic nitrogens is 2. The molecule has 1 saturated heterocycles. The van der Waals surface area contributed by atoms with Crippen LogP contribution >= 0.6 is 24.0 Å². The maximum Gasteiger partial charge on any atom is 0.224 e. The standard InChI is InChI=1S/C23H35N7O.HI/c1-5-24-23(26-17-21-18(2)27-28(4)19(21)3)25-12-11-22(31)30-15-13-29(14-16-30)20-9-7-6-8-10-20;/h6-10H,5,11-17H2,1-4H3,(H2,24,25,26);1H. The maximum absolute atomic E-state index is 12.6. The summed E-state index contributed by atoms with van der Waals surface area (Å²) in [5, 5.41) is 11.0. The van der Waals surface area contributed by atoms with Crippen LogP contribution in [-0.4, -0.2) is 65.8 Å². The fourth-order valence-corrected chi connectivity index (χ4v) is 3.84. The van der Waals surface area contributed by atoms with Gasteiger partial charge in [0.15, 0.2) is 5.96 Å². The molecule has 8 nitrogen and oxygen atoms in total. The van der Waals surface area contributed by atoms with Gasteiger partial charge in [0.1, 0.15) is 0 Å². The van der Waals surface area contributed by atoms with Crippen molar-refractivity contribution < 1.29 is 4.79 Å². The van der Waals surface area contributed by atoms with Crippen LogP contribution in [0.3, 0.4) is 0 Å². The third-order valence-corrected chi connectivity index (χ3v) is 5.78. The zero-order valence-corrected chi connectivity index (χ0v) is 21.9. The fraction of sp³-hybridized carbons (Fsp3) is 0.522. The van der Waals surface area contributed by atoms with Gasteiger partial charge in [-0.3, -0.25) is 9.48 Å². The predicted octanol–water partition coefficient (Wildman–Crippen LogP) is 2.45. The van der Waals surface area contributed by atoms with Crippen molar-refractivity contribution in [3.63, 3.8) is 0 Å². The summed E-state index contributed by atoms with van der Waals surface area (Å²) in [6.07, 6.45) is 0.459. The molecule has 0 saturated carbocycles. The molecule has 1 aliphatic heterocycles. The number of carbonyl (C=O) groups is 1. The average Bonchev–Trinajstić information content (AvgIpc) is 3.03. The summed E-state index contributed by atoms with van der Waals surface area (Å²) in [6.45, 7) is 11.3. The summed E-state index contributed by atoms with van der Waals surface area (Å²) in [7, 11) is 1.95. The number of aryl methyl sites for hydroxylation is 2. The van der Waals surface area contributed by atoms with E-state index in [0.29, 0.717) is 19.5 Å². The van der Waals surface area contributed by atoms with Crippen LogP contribution in [0.1, 0.15) is 30.3 Å². The molecular weight excluding hydrogens is 517 g/mol.